The zero-order valence-corrected chi connectivity index (χ0v) is 19.5. The molecular weight excluding hydrogens is 402 g/mol. The number of rotatable bonds is 9. The van der Waals surface area contributed by atoms with Crippen LogP contribution in [0.3, 0.4) is 0 Å². The van der Waals surface area contributed by atoms with E-state index in [1.54, 1.807) is 0 Å². The van der Waals surface area contributed by atoms with Crippen LogP contribution in [0.15, 0.2) is 59.6 Å². The van der Waals surface area contributed by atoms with Gasteiger partial charge in [0.05, 0.1) is 18.8 Å². The smallest absolute Gasteiger partial charge is 0.191 e. The van der Waals surface area contributed by atoms with E-state index >= 15 is 0 Å². The molecule has 3 N–H and O–H groups in total. The summed E-state index contributed by atoms with van der Waals surface area (Å²) in [7, 11) is 0. The van der Waals surface area contributed by atoms with Gasteiger partial charge >= 0.3 is 0 Å². The summed E-state index contributed by atoms with van der Waals surface area (Å²) in [5.41, 5.74) is 2.13. The minimum Gasteiger partial charge on any atom is -0.491 e. The van der Waals surface area contributed by atoms with E-state index in [0.717, 1.165) is 43.9 Å². The number of guanidine groups is 1. The maximum Gasteiger partial charge on any atom is 0.191 e. The maximum atomic E-state index is 10.7. The molecule has 1 atom stereocenters. The first-order valence-electron chi connectivity index (χ1n) is 11.6. The summed E-state index contributed by atoms with van der Waals surface area (Å²) in [6, 6.07) is 18.2. The Labute approximate surface area is 192 Å². The van der Waals surface area contributed by atoms with Gasteiger partial charge in [-0.1, -0.05) is 42.5 Å². The van der Waals surface area contributed by atoms with Gasteiger partial charge in [-0.25, -0.2) is 0 Å². The van der Waals surface area contributed by atoms with E-state index < -0.39 is 6.10 Å². The number of hydrogen-bond acceptors (Lipinski definition) is 4. The van der Waals surface area contributed by atoms with Crippen LogP contribution in [0.5, 0.6) is 5.75 Å². The Morgan fingerprint density at radius 2 is 1.75 bits per heavy atom. The zero-order valence-electron chi connectivity index (χ0n) is 19.5. The number of nitrogens with zero attached hydrogens (tertiary/aromatic N) is 1. The lowest BCUT2D eigenvalue weighted by Gasteiger charge is -2.36. The third kappa shape index (κ3) is 6.71. The molecule has 0 amide bonds. The Hall–Kier alpha value is -2.57. The topological polar surface area (TPSA) is 75.1 Å². The Balaban J connectivity index is 1.65. The van der Waals surface area contributed by atoms with Crippen LogP contribution in [0.1, 0.15) is 50.8 Å². The summed E-state index contributed by atoms with van der Waals surface area (Å²) in [6.07, 6.45) is 1.39. The standard InChI is InChI=1S/C26H37N3O3/c1-4-27-25(28-18-24(30)21-10-12-23(13-11-21)32-20(2)3)29-19-26(14-16-31-17-15-26)22-8-6-5-7-9-22/h5-13,20,24,30H,4,14-19H2,1-3H3,(H2,27,28,29). The predicted molar refractivity (Wildman–Crippen MR) is 129 cm³/mol. The molecule has 1 saturated heterocycles. The number of aliphatic hydroxyl groups is 1. The molecule has 6 heteroatoms. The molecule has 1 fully saturated rings. The fourth-order valence-electron chi connectivity index (χ4n) is 4.02. The molecular formula is C26H37N3O3. The molecule has 0 aromatic heterocycles. The largest absolute Gasteiger partial charge is 0.491 e. The summed E-state index contributed by atoms with van der Waals surface area (Å²) >= 11 is 0. The van der Waals surface area contributed by atoms with Crippen molar-refractivity contribution in [2.24, 2.45) is 4.99 Å². The molecule has 174 valence electrons. The minimum absolute atomic E-state index is 0.0211. The number of benzene rings is 2. The summed E-state index contributed by atoms with van der Waals surface area (Å²) in [5, 5.41) is 17.3. The van der Waals surface area contributed by atoms with Crippen LogP contribution in [-0.4, -0.2) is 50.0 Å². The van der Waals surface area contributed by atoms with Gasteiger partial charge in [0.1, 0.15) is 5.75 Å². The van der Waals surface area contributed by atoms with Crippen molar-refractivity contribution in [1.82, 2.24) is 10.6 Å². The maximum absolute atomic E-state index is 10.7. The molecule has 0 aliphatic carbocycles. The first-order valence-corrected chi connectivity index (χ1v) is 11.6. The van der Waals surface area contributed by atoms with Crippen molar-refractivity contribution in [3.8, 4) is 5.75 Å². The quantitative estimate of drug-likeness (QED) is 0.409. The van der Waals surface area contributed by atoms with Crippen molar-refractivity contribution < 1.29 is 14.6 Å². The number of hydrogen-bond donors (Lipinski definition) is 3. The lowest BCUT2D eigenvalue weighted by atomic mass is 9.74. The van der Waals surface area contributed by atoms with Gasteiger partial charge in [-0.3, -0.25) is 4.99 Å². The molecule has 0 radical (unpaired) electrons. The van der Waals surface area contributed by atoms with Crippen molar-refractivity contribution in [2.75, 3.05) is 32.8 Å². The Bertz CT molecular complexity index is 831. The fourth-order valence-corrected chi connectivity index (χ4v) is 4.02. The van der Waals surface area contributed by atoms with Crippen LogP contribution < -0.4 is 15.4 Å². The summed E-state index contributed by atoms with van der Waals surface area (Å²) in [5.74, 6) is 1.52. The molecule has 1 heterocycles. The van der Waals surface area contributed by atoms with E-state index in [2.05, 4.69) is 34.9 Å². The lowest BCUT2D eigenvalue weighted by molar-refractivity contribution is 0.0531. The van der Waals surface area contributed by atoms with Gasteiger partial charge in [-0.2, -0.15) is 0 Å². The molecule has 0 saturated carbocycles. The number of nitrogens with one attached hydrogen (secondary N) is 2. The highest BCUT2D eigenvalue weighted by molar-refractivity contribution is 5.79. The average Bonchev–Trinajstić information content (AvgIpc) is 2.82. The monoisotopic (exact) mass is 439 g/mol. The number of ether oxygens (including phenoxy) is 2. The van der Waals surface area contributed by atoms with E-state index in [1.807, 2.05) is 51.1 Å². The third-order valence-electron chi connectivity index (χ3n) is 5.82. The molecule has 3 rings (SSSR count). The molecule has 2 aromatic rings. The van der Waals surface area contributed by atoms with Crippen molar-refractivity contribution in [2.45, 2.75) is 51.2 Å². The van der Waals surface area contributed by atoms with E-state index in [0.29, 0.717) is 19.0 Å². The summed E-state index contributed by atoms with van der Waals surface area (Å²) < 4.78 is 11.3. The second-order valence-electron chi connectivity index (χ2n) is 8.59. The molecule has 0 bridgehead atoms. The van der Waals surface area contributed by atoms with Crippen LogP contribution in [0.25, 0.3) is 0 Å². The van der Waals surface area contributed by atoms with Gasteiger partial charge in [0.15, 0.2) is 5.96 Å². The fraction of sp³-hybridized carbons (Fsp3) is 0.500. The minimum atomic E-state index is -0.641. The van der Waals surface area contributed by atoms with Gasteiger partial charge < -0.3 is 25.2 Å². The molecule has 1 aliphatic rings. The first-order chi connectivity index (χ1) is 15.5. The van der Waals surface area contributed by atoms with Crippen molar-refractivity contribution >= 4 is 5.96 Å². The predicted octanol–water partition coefficient (Wildman–Crippen LogP) is 3.81. The van der Waals surface area contributed by atoms with E-state index in [9.17, 15) is 5.11 Å². The van der Waals surface area contributed by atoms with E-state index in [1.165, 1.54) is 5.56 Å². The third-order valence-corrected chi connectivity index (χ3v) is 5.82. The normalized spacial score (nSPS) is 17.1. The summed E-state index contributed by atoms with van der Waals surface area (Å²) in [6.45, 7) is 9.35. The van der Waals surface area contributed by atoms with Gasteiger partial charge in [0.2, 0.25) is 0 Å². The van der Waals surface area contributed by atoms with Gasteiger partial charge in [-0.15, -0.1) is 0 Å². The Morgan fingerprint density at radius 1 is 1.06 bits per heavy atom. The average molecular weight is 440 g/mol. The van der Waals surface area contributed by atoms with E-state index in [-0.39, 0.29) is 11.5 Å². The second kappa shape index (κ2) is 11.9. The van der Waals surface area contributed by atoms with E-state index in [4.69, 9.17) is 14.5 Å². The zero-order chi connectivity index (χ0) is 22.8. The van der Waals surface area contributed by atoms with Crippen molar-refractivity contribution in [3.05, 3.63) is 65.7 Å². The molecule has 6 nitrogen and oxygen atoms in total. The van der Waals surface area contributed by atoms with Crippen LogP contribution in [-0.2, 0) is 10.2 Å². The highest BCUT2D eigenvalue weighted by Gasteiger charge is 2.34. The number of aliphatic imine (C=N–C) groups is 1. The first kappa shape index (κ1) is 24.1. The summed E-state index contributed by atoms with van der Waals surface area (Å²) in [4.78, 5) is 4.91. The van der Waals surface area contributed by atoms with Crippen LogP contribution >= 0.6 is 0 Å². The second-order valence-corrected chi connectivity index (χ2v) is 8.59. The van der Waals surface area contributed by atoms with Gasteiger partial charge in [0, 0.05) is 31.7 Å². The van der Waals surface area contributed by atoms with Crippen molar-refractivity contribution in [3.63, 3.8) is 0 Å². The highest BCUT2D eigenvalue weighted by Crippen LogP contribution is 2.35. The van der Waals surface area contributed by atoms with Crippen LogP contribution in [0.2, 0.25) is 0 Å². The van der Waals surface area contributed by atoms with Crippen molar-refractivity contribution in [1.29, 1.82) is 0 Å². The lowest BCUT2D eigenvalue weighted by Crippen LogP contribution is -2.42. The van der Waals surface area contributed by atoms with Gasteiger partial charge in [0.25, 0.3) is 0 Å². The highest BCUT2D eigenvalue weighted by atomic mass is 16.5. The molecule has 2 aromatic carbocycles. The Morgan fingerprint density at radius 3 is 2.38 bits per heavy atom. The van der Waals surface area contributed by atoms with Gasteiger partial charge in [-0.05, 0) is 56.9 Å². The number of aliphatic hydroxyl groups excluding tert-OH is 1. The van der Waals surface area contributed by atoms with Crippen LogP contribution in [0, 0.1) is 0 Å². The van der Waals surface area contributed by atoms with Crippen LogP contribution in [0.4, 0.5) is 0 Å². The Kier molecular flexibility index (Phi) is 8.94. The molecule has 1 unspecified atom stereocenters. The molecule has 32 heavy (non-hydrogen) atoms. The molecule has 1 aliphatic heterocycles. The molecule has 0 spiro atoms. The SMILES string of the molecule is CCNC(=NCC1(c2ccccc2)CCOCC1)NCC(O)c1ccc(OC(C)C)cc1.